The lowest BCUT2D eigenvalue weighted by molar-refractivity contribution is -0.113. The minimum Gasteiger partial charge on any atom is -0.319 e. The first kappa shape index (κ1) is 16.2. The zero-order valence-electron chi connectivity index (χ0n) is 12.8. The molecule has 5 nitrogen and oxygen atoms in total. The van der Waals surface area contributed by atoms with Crippen LogP contribution in [0.2, 0.25) is 0 Å². The molecule has 4 rings (SSSR count). The summed E-state index contributed by atoms with van der Waals surface area (Å²) in [5, 5.41) is 4.64. The highest BCUT2D eigenvalue weighted by atomic mass is 127. The molecule has 0 unspecified atom stereocenters. The van der Waals surface area contributed by atoms with Crippen molar-refractivity contribution in [3.63, 3.8) is 0 Å². The van der Waals surface area contributed by atoms with E-state index in [1.807, 2.05) is 48.5 Å². The second-order valence-corrected chi connectivity index (χ2v) is 7.55. The molecule has 3 heterocycles. The summed E-state index contributed by atoms with van der Waals surface area (Å²) in [6, 6.07) is 13.6. The standard InChI is InChI=1S/C18H11IN4OS/c19-13-4-6-16(21-10-13)22-18-23-17(24)15(25-18)9-11-3-5-14-12(8-11)2-1-7-20-14/h1-10H,(H,21,22,23,24). The van der Waals surface area contributed by atoms with E-state index < -0.39 is 0 Å². The number of carbonyl (C=O) groups is 1. The van der Waals surface area contributed by atoms with E-state index in [1.54, 1.807) is 12.4 Å². The number of rotatable bonds is 2. The Kier molecular flexibility index (Phi) is 4.50. The SMILES string of the molecule is O=C1N=C(Nc2ccc(I)cn2)SC1=Cc1ccc2ncccc2c1. The Bertz CT molecular complexity index is 1030. The fraction of sp³-hybridized carbons (Fsp3) is 0. The number of fused-ring (bicyclic) bond motifs is 1. The number of aromatic nitrogens is 2. The number of anilines is 1. The van der Waals surface area contributed by atoms with Crippen LogP contribution in [0.1, 0.15) is 5.56 Å². The molecule has 0 spiro atoms. The monoisotopic (exact) mass is 458 g/mol. The van der Waals surface area contributed by atoms with Gasteiger partial charge in [0.15, 0.2) is 5.17 Å². The molecule has 7 heteroatoms. The number of aliphatic imine (C=N–C) groups is 1. The number of benzene rings is 1. The molecule has 0 bridgehead atoms. The summed E-state index contributed by atoms with van der Waals surface area (Å²) in [5.41, 5.74) is 1.87. The zero-order chi connectivity index (χ0) is 17.2. The van der Waals surface area contributed by atoms with Gasteiger partial charge < -0.3 is 5.32 Å². The first-order chi connectivity index (χ1) is 12.2. The van der Waals surface area contributed by atoms with E-state index in [9.17, 15) is 4.79 Å². The van der Waals surface area contributed by atoms with E-state index in [2.05, 4.69) is 42.9 Å². The molecule has 0 saturated carbocycles. The van der Waals surface area contributed by atoms with Gasteiger partial charge in [-0.15, -0.1) is 0 Å². The molecular formula is C18H11IN4OS. The first-order valence-corrected chi connectivity index (χ1v) is 9.33. The van der Waals surface area contributed by atoms with Crippen molar-refractivity contribution in [3.05, 3.63) is 68.9 Å². The summed E-state index contributed by atoms with van der Waals surface area (Å²) in [5.74, 6) is 0.418. The van der Waals surface area contributed by atoms with E-state index in [0.29, 0.717) is 15.9 Å². The van der Waals surface area contributed by atoms with Crippen molar-refractivity contribution in [2.24, 2.45) is 4.99 Å². The molecule has 122 valence electrons. The highest BCUT2D eigenvalue weighted by Crippen LogP contribution is 2.29. The van der Waals surface area contributed by atoms with E-state index in [-0.39, 0.29) is 5.91 Å². The number of nitrogens with zero attached hydrogens (tertiary/aromatic N) is 3. The molecule has 0 fully saturated rings. The van der Waals surface area contributed by atoms with Crippen molar-refractivity contribution >= 4 is 68.2 Å². The average Bonchev–Trinajstić information content (AvgIpc) is 2.96. The maximum atomic E-state index is 12.1. The smallest absolute Gasteiger partial charge is 0.286 e. The van der Waals surface area contributed by atoms with Crippen LogP contribution in [-0.4, -0.2) is 21.0 Å². The predicted octanol–water partition coefficient (Wildman–Crippen LogP) is 4.32. The van der Waals surface area contributed by atoms with Gasteiger partial charge in [-0.1, -0.05) is 12.1 Å². The average molecular weight is 458 g/mol. The summed E-state index contributed by atoms with van der Waals surface area (Å²) in [6.45, 7) is 0. The largest absolute Gasteiger partial charge is 0.319 e. The number of amidine groups is 1. The van der Waals surface area contributed by atoms with Gasteiger partial charge in [-0.3, -0.25) is 9.78 Å². The highest BCUT2D eigenvalue weighted by Gasteiger charge is 2.22. The van der Waals surface area contributed by atoms with Crippen LogP contribution < -0.4 is 5.32 Å². The second kappa shape index (κ2) is 6.93. The van der Waals surface area contributed by atoms with Crippen molar-refractivity contribution in [2.75, 3.05) is 5.32 Å². The normalized spacial score (nSPS) is 15.6. The summed E-state index contributed by atoms with van der Waals surface area (Å²) < 4.78 is 1.05. The fourth-order valence-electron chi connectivity index (χ4n) is 2.36. The summed E-state index contributed by atoms with van der Waals surface area (Å²) in [6.07, 6.45) is 5.37. The number of hydrogen-bond donors (Lipinski definition) is 1. The van der Waals surface area contributed by atoms with Gasteiger partial charge in [0, 0.05) is 21.4 Å². The predicted molar refractivity (Wildman–Crippen MR) is 110 cm³/mol. The summed E-state index contributed by atoms with van der Waals surface area (Å²) in [4.78, 5) is 25.3. The lowest BCUT2D eigenvalue weighted by atomic mass is 10.1. The third-order valence-corrected chi connectivity index (χ3v) is 5.04. The lowest BCUT2D eigenvalue weighted by Gasteiger charge is -2.03. The molecule has 2 aromatic heterocycles. The van der Waals surface area contributed by atoms with Crippen molar-refractivity contribution in [2.45, 2.75) is 0 Å². The molecular weight excluding hydrogens is 447 g/mol. The van der Waals surface area contributed by atoms with Crippen molar-refractivity contribution in [1.29, 1.82) is 0 Å². The molecule has 1 amide bonds. The number of halogens is 1. The number of carbonyl (C=O) groups excluding carboxylic acids is 1. The van der Waals surface area contributed by atoms with E-state index in [0.717, 1.165) is 20.0 Å². The zero-order valence-corrected chi connectivity index (χ0v) is 15.8. The number of hydrogen-bond acceptors (Lipinski definition) is 5. The van der Waals surface area contributed by atoms with E-state index in [4.69, 9.17) is 0 Å². The molecule has 1 aliphatic heterocycles. The molecule has 1 aromatic carbocycles. The van der Waals surface area contributed by atoms with Gasteiger partial charge in [0.05, 0.1) is 10.4 Å². The van der Waals surface area contributed by atoms with Gasteiger partial charge in [-0.05, 0) is 76.3 Å². The molecule has 1 N–H and O–H groups in total. The van der Waals surface area contributed by atoms with Crippen molar-refractivity contribution < 1.29 is 4.79 Å². The van der Waals surface area contributed by atoms with Crippen molar-refractivity contribution in [1.82, 2.24) is 9.97 Å². The van der Waals surface area contributed by atoms with Gasteiger partial charge in [0.2, 0.25) is 0 Å². The molecule has 3 aromatic rings. The first-order valence-electron chi connectivity index (χ1n) is 7.43. The molecule has 0 radical (unpaired) electrons. The Morgan fingerprint density at radius 3 is 2.88 bits per heavy atom. The lowest BCUT2D eigenvalue weighted by Crippen LogP contribution is -2.06. The van der Waals surface area contributed by atoms with Gasteiger partial charge in [0.1, 0.15) is 5.82 Å². The molecule has 0 saturated heterocycles. The van der Waals surface area contributed by atoms with Crippen LogP contribution in [0.15, 0.2) is 64.8 Å². The van der Waals surface area contributed by atoms with Crippen LogP contribution in [0.3, 0.4) is 0 Å². The third-order valence-electron chi connectivity index (χ3n) is 3.51. The van der Waals surface area contributed by atoms with Gasteiger partial charge in [-0.2, -0.15) is 4.99 Å². The molecule has 25 heavy (non-hydrogen) atoms. The highest BCUT2D eigenvalue weighted by molar-refractivity contribution is 14.1. The fourth-order valence-corrected chi connectivity index (χ4v) is 3.50. The number of nitrogens with one attached hydrogen (secondary N) is 1. The second-order valence-electron chi connectivity index (χ2n) is 5.27. The van der Waals surface area contributed by atoms with Crippen molar-refractivity contribution in [3.8, 4) is 0 Å². The maximum absolute atomic E-state index is 12.1. The van der Waals surface area contributed by atoms with Crippen LogP contribution in [0.5, 0.6) is 0 Å². The number of amides is 1. The molecule has 0 atom stereocenters. The van der Waals surface area contributed by atoms with Gasteiger partial charge >= 0.3 is 0 Å². The van der Waals surface area contributed by atoms with Crippen LogP contribution >= 0.6 is 34.4 Å². The van der Waals surface area contributed by atoms with E-state index in [1.165, 1.54) is 11.8 Å². The van der Waals surface area contributed by atoms with Crippen LogP contribution in [0, 0.1) is 3.57 Å². The van der Waals surface area contributed by atoms with Crippen LogP contribution in [-0.2, 0) is 4.79 Å². The molecule has 1 aliphatic rings. The van der Waals surface area contributed by atoms with Crippen LogP contribution in [0.4, 0.5) is 5.82 Å². The number of thioether (sulfide) groups is 1. The topological polar surface area (TPSA) is 67.2 Å². The Hall–Kier alpha value is -2.26. The Balaban J connectivity index is 1.54. The Morgan fingerprint density at radius 1 is 1.12 bits per heavy atom. The maximum Gasteiger partial charge on any atom is 0.286 e. The Labute approximate surface area is 161 Å². The minimum absolute atomic E-state index is 0.246. The minimum atomic E-state index is -0.246. The van der Waals surface area contributed by atoms with Crippen LogP contribution in [0.25, 0.3) is 17.0 Å². The number of pyridine rings is 2. The van der Waals surface area contributed by atoms with Gasteiger partial charge in [-0.25, -0.2) is 4.98 Å². The third kappa shape index (κ3) is 3.72. The van der Waals surface area contributed by atoms with E-state index >= 15 is 0 Å². The summed E-state index contributed by atoms with van der Waals surface area (Å²) >= 11 is 3.50. The quantitative estimate of drug-likeness (QED) is 0.458. The van der Waals surface area contributed by atoms with Gasteiger partial charge in [0.25, 0.3) is 5.91 Å². The Morgan fingerprint density at radius 2 is 2.04 bits per heavy atom. The summed E-state index contributed by atoms with van der Waals surface area (Å²) in [7, 11) is 0. The molecule has 0 aliphatic carbocycles.